The molecule has 3 aromatic carbocycles. The number of nitrogens with zero attached hydrogens (tertiary/aromatic N) is 1. The van der Waals surface area contributed by atoms with E-state index in [2.05, 4.69) is 10.0 Å². The van der Waals surface area contributed by atoms with Gasteiger partial charge in [0.05, 0.1) is 22.5 Å². The van der Waals surface area contributed by atoms with Gasteiger partial charge in [0.2, 0.25) is 15.9 Å². The predicted octanol–water partition coefficient (Wildman–Crippen LogP) is 4.63. The molecule has 3 rings (SSSR count). The molecule has 3 aromatic rings. The Bertz CT molecular complexity index is 1410. The second-order valence-corrected chi connectivity index (χ2v) is 12.0. The van der Waals surface area contributed by atoms with Gasteiger partial charge in [-0.2, -0.15) is 0 Å². The lowest BCUT2D eigenvalue weighted by Gasteiger charge is -2.22. The van der Waals surface area contributed by atoms with E-state index >= 15 is 0 Å². The molecule has 186 valence electrons. The lowest BCUT2D eigenvalue weighted by Crippen LogP contribution is -2.31. The van der Waals surface area contributed by atoms with Gasteiger partial charge in [0.15, 0.2) is 0 Å². The average Bonchev–Trinajstić information content (AvgIpc) is 2.76. The number of hydrogen-bond donors (Lipinski definition) is 2. The van der Waals surface area contributed by atoms with E-state index < -0.39 is 20.0 Å². The van der Waals surface area contributed by atoms with Gasteiger partial charge in [-0.1, -0.05) is 29.8 Å². The summed E-state index contributed by atoms with van der Waals surface area (Å²) in [6.45, 7) is 2.03. The molecular weight excluding hydrogens is 510 g/mol. The van der Waals surface area contributed by atoms with Gasteiger partial charge in [0, 0.05) is 23.7 Å². The molecule has 0 unspecified atom stereocenters. The Kier molecular flexibility index (Phi) is 8.42. The highest BCUT2D eigenvalue weighted by molar-refractivity contribution is 7.92. The molecule has 0 saturated heterocycles. The Morgan fingerprint density at radius 2 is 1.60 bits per heavy atom. The molecule has 35 heavy (non-hydrogen) atoms. The molecule has 0 aliphatic rings. The van der Waals surface area contributed by atoms with Crippen LogP contribution in [0.2, 0.25) is 5.02 Å². The second kappa shape index (κ2) is 11.1. The van der Waals surface area contributed by atoms with E-state index in [1.165, 1.54) is 34.6 Å². The minimum atomic E-state index is -3.83. The fraction of sp³-hybridized carbons (Fsp3) is 0.208. The molecule has 0 fully saturated rings. The van der Waals surface area contributed by atoms with Gasteiger partial charge in [0.25, 0.3) is 10.0 Å². The van der Waals surface area contributed by atoms with Crippen LogP contribution in [0.15, 0.2) is 77.7 Å². The van der Waals surface area contributed by atoms with Crippen LogP contribution in [0, 0.1) is 6.92 Å². The zero-order chi connectivity index (χ0) is 25.6. The number of hydrogen-bond acceptors (Lipinski definition) is 5. The molecule has 2 N–H and O–H groups in total. The van der Waals surface area contributed by atoms with Crippen LogP contribution in [0.4, 0.5) is 17.1 Å². The summed E-state index contributed by atoms with van der Waals surface area (Å²) >= 11 is 5.89. The van der Waals surface area contributed by atoms with Crippen molar-refractivity contribution in [2.45, 2.75) is 24.7 Å². The Labute approximate surface area is 211 Å². The monoisotopic (exact) mass is 535 g/mol. The number of anilines is 3. The van der Waals surface area contributed by atoms with Crippen molar-refractivity contribution in [3.05, 3.63) is 83.4 Å². The van der Waals surface area contributed by atoms with Gasteiger partial charge in [0.1, 0.15) is 0 Å². The minimum absolute atomic E-state index is 0.0254. The summed E-state index contributed by atoms with van der Waals surface area (Å²) < 4.78 is 53.3. The maximum Gasteiger partial charge on any atom is 0.261 e. The first-order chi connectivity index (χ1) is 16.4. The highest BCUT2D eigenvalue weighted by Gasteiger charge is 2.18. The van der Waals surface area contributed by atoms with Crippen LogP contribution in [0.1, 0.15) is 18.4 Å². The van der Waals surface area contributed by atoms with Crippen LogP contribution < -0.4 is 14.3 Å². The predicted molar refractivity (Wildman–Crippen MR) is 140 cm³/mol. The third-order valence-corrected chi connectivity index (χ3v) is 7.81. The van der Waals surface area contributed by atoms with E-state index in [1.807, 2.05) is 13.0 Å². The van der Waals surface area contributed by atoms with Crippen molar-refractivity contribution in [3.63, 3.8) is 0 Å². The first kappa shape index (κ1) is 26.5. The van der Waals surface area contributed by atoms with Crippen molar-refractivity contribution < 1.29 is 21.6 Å². The van der Waals surface area contributed by atoms with E-state index in [4.69, 9.17) is 11.6 Å². The van der Waals surface area contributed by atoms with Gasteiger partial charge in [-0.05, 0) is 73.5 Å². The maximum absolute atomic E-state index is 12.6. The standard InChI is InChI=1S/C24H26ClN3O5S2/c1-18-6-3-9-22(16-18)28(34(2,30)31)15-5-10-24(29)26-20-11-13-23(14-12-20)35(32,33)27-21-8-4-7-19(25)17-21/h3-4,6-9,11-14,16-17,27H,5,10,15H2,1-2H3,(H,26,29). The van der Waals surface area contributed by atoms with Gasteiger partial charge in [-0.3, -0.25) is 13.8 Å². The molecule has 0 spiro atoms. The van der Waals surface area contributed by atoms with Crippen LogP contribution in [-0.2, 0) is 24.8 Å². The summed E-state index contributed by atoms with van der Waals surface area (Å²) in [6.07, 6.45) is 1.53. The number of nitrogens with one attached hydrogen (secondary N) is 2. The van der Waals surface area contributed by atoms with Gasteiger partial charge in [-0.15, -0.1) is 0 Å². The zero-order valence-corrected chi connectivity index (χ0v) is 21.6. The molecular formula is C24H26ClN3O5S2. The molecule has 0 radical (unpaired) electrons. The third-order valence-electron chi connectivity index (χ3n) is 4.98. The topological polar surface area (TPSA) is 113 Å². The number of benzene rings is 3. The third kappa shape index (κ3) is 7.71. The molecule has 0 aromatic heterocycles. The van der Waals surface area contributed by atoms with Crippen molar-refractivity contribution in [1.29, 1.82) is 0 Å². The zero-order valence-electron chi connectivity index (χ0n) is 19.2. The molecule has 0 bridgehead atoms. The Morgan fingerprint density at radius 3 is 2.23 bits per heavy atom. The molecule has 1 amide bonds. The summed E-state index contributed by atoms with van der Waals surface area (Å²) in [6, 6.07) is 19.2. The first-order valence-corrected chi connectivity index (χ1v) is 14.4. The Hall–Kier alpha value is -3.08. The summed E-state index contributed by atoms with van der Waals surface area (Å²) in [5.41, 5.74) is 2.25. The van der Waals surface area contributed by atoms with E-state index in [-0.39, 0.29) is 23.8 Å². The van der Waals surface area contributed by atoms with Gasteiger partial charge < -0.3 is 5.32 Å². The van der Waals surface area contributed by atoms with E-state index in [9.17, 15) is 21.6 Å². The number of carbonyl (C=O) groups excluding carboxylic acids is 1. The number of amides is 1. The quantitative estimate of drug-likeness (QED) is 0.393. The fourth-order valence-corrected chi connectivity index (χ4v) is 5.56. The van der Waals surface area contributed by atoms with Crippen molar-refractivity contribution in [2.75, 3.05) is 27.1 Å². The smallest absolute Gasteiger partial charge is 0.261 e. The van der Waals surface area contributed by atoms with Crippen LogP contribution in [0.3, 0.4) is 0 Å². The first-order valence-electron chi connectivity index (χ1n) is 10.7. The molecule has 0 heterocycles. The number of sulfonamides is 2. The number of aryl methyl sites for hydroxylation is 1. The highest BCUT2D eigenvalue weighted by Crippen LogP contribution is 2.22. The SMILES string of the molecule is Cc1cccc(N(CCCC(=O)Nc2ccc(S(=O)(=O)Nc3cccc(Cl)c3)cc2)S(C)(=O)=O)c1. The van der Waals surface area contributed by atoms with Crippen LogP contribution in [-0.4, -0.2) is 35.5 Å². The molecule has 0 aliphatic heterocycles. The van der Waals surface area contributed by atoms with Crippen LogP contribution in [0.25, 0.3) is 0 Å². The summed E-state index contributed by atoms with van der Waals surface area (Å²) in [5, 5.41) is 3.10. The second-order valence-electron chi connectivity index (χ2n) is 7.97. The lowest BCUT2D eigenvalue weighted by molar-refractivity contribution is -0.116. The summed E-state index contributed by atoms with van der Waals surface area (Å²) in [5.74, 6) is -0.310. The minimum Gasteiger partial charge on any atom is -0.326 e. The van der Waals surface area contributed by atoms with Crippen LogP contribution in [0.5, 0.6) is 0 Å². The summed E-state index contributed by atoms with van der Waals surface area (Å²) in [4.78, 5) is 12.4. The highest BCUT2D eigenvalue weighted by atomic mass is 35.5. The van der Waals surface area contributed by atoms with Crippen molar-refractivity contribution >= 4 is 54.6 Å². The molecule has 0 atom stereocenters. The van der Waals surface area contributed by atoms with Crippen molar-refractivity contribution in [1.82, 2.24) is 0 Å². The van der Waals surface area contributed by atoms with E-state index in [1.54, 1.807) is 36.4 Å². The summed E-state index contributed by atoms with van der Waals surface area (Å²) in [7, 11) is -7.33. The fourth-order valence-electron chi connectivity index (χ4n) is 3.36. The Balaban J connectivity index is 1.57. The van der Waals surface area contributed by atoms with Gasteiger partial charge in [-0.25, -0.2) is 16.8 Å². The van der Waals surface area contributed by atoms with Gasteiger partial charge >= 0.3 is 0 Å². The Morgan fingerprint density at radius 1 is 0.914 bits per heavy atom. The lowest BCUT2D eigenvalue weighted by atomic mass is 10.2. The molecule has 0 aliphatic carbocycles. The largest absolute Gasteiger partial charge is 0.326 e. The molecule has 8 nitrogen and oxygen atoms in total. The van der Waals surface area contributed by atoms with Crippen molar-refractivity contribution in [2.24, 2.45) is 0 Å². The molecule has 11 heteroatoms. The van der Waals surface area contributed by atoms with E-state index in [0.29, 0.717) is 28.5 Å². The number of carbonyl (C=O) groups is 1. The van der Waals surface area contributed by atoms with E-state index in [0.717, 1.165) is 11.8 Å². The average molecular weight is 536 g/mol. The number of halogens is 1. The normalized spacial score (nSPS) is 11.6. The van der Waals surface area contributed by atoms with Crippen LogP contribution >= 0.6 is 11.6 Å². The maximum atomic E-state index is 12.6. The number of rotatable bonds is 10. The molecule has 0 saturated carbocycles. The van der Waals surface area contributed by atoms with Crippen molar-refractivity contribution in [3.8, 4) is 0 Å².